The molecule has 1 fully saturated rings. The summed E-state index contributed by atoms with van der Waals surface area (Å²) in [5.74, 6) is 2.90. The van der Waals surface area contributed by atoms with E-state index >= 15 is 0 Å². The summed E-state index contributed by atoms with van der Waals surface area (Å²) < 4.78 is 16.3. The fourth-order valence-corrected chi connectivity index (χ4v) is 3.59. The van der Waals surface area contributed by atoms with Gasteiger partial charge in [0.05, 0.1) is 14.2 Å². The van der Waals surface area contributed by atoms with Crippen molar-refractivity contribution < 1.29 is 19.0 Å². The van der Waals surface area contributed by atoms with Gasteiger partial charge in [-0.1, -0.05) is 33.3 Å². The first-order valence-corrected chi connectivity index (χ1v) is 9.10. The minimum Gasteiger partial charge on any atom is -0.493 e. The summed E-state index contributed by atoms with van der Waals surface area (Å²) >= 11 is 0. The minimum absolute atomic E-state index is 0.00848. The van der Waals surface area contributed by atoms with Crippen LogP contribution in [0.25, 0.3) is 0 Å². The van der Waals surface area contributed by atoms with Crippen LogP contribution in [0.4, 0.5) is 4.79 Å². The molecule has 0 aliphatic heterocycles. The van der Waals surface area contributed by atoms with Crippen LogP contribution in [0.1, 0.15) is 45.6 Å². The molecule has 2 rings (SSSR count). The average Bonchev–Trinajstić information content (AvgIpc) is 2.59. The molecule has 0 radical (unpaired) electrons. The maximum Gasteiger partial charge on any atom is 0.407 e. The molecule has 5 nitrogen and oxygen atoms in total. The summed E-state index contributed by atoms with van der Waals surface area (Å²) in [6.07, 6.45) is 2.96. The Kier molecular flexibility index (Phi) is 6.97. The summed E-state index contributed by atoms with van der Waals surface area (Å²) in [6, 6.07) is 5.60. The number of nitrogens with one attached hydrogen (secondary N) is 1. The zero-order valence-corrected chi connectivity index (χ0v) is 16.0. The van der Waals surface area contributed by atoms with Crippen molar-refractivity contribution in [2.45, 2.75) is 52.7 Å². The largest absolute Gasteiger partial charge is 0.493 e. The number of methoxy groups -OCH3 is 2. The Morgan fingerprint density at radius 1 is 1.20 bits per heavy atom. The third-order valence-corrected chi connectivity index (χ3v) is 5.10. The van der Waals surface area contributed by atoms with E-state index in [9.17, 15) is 4.79 Å². The van der Waals surface area contributed by atoms with Gasteiger partial charge in [-0.25, -0.2) is 4.79 Å². The van der Waals surface area contributed by atoms with E-state index < -0.39 is 0 Å². The quantitative estimate of drug-likeness (QED) is 0.827. The molecule has 1 N–H and O–H groups in total. The van der Waals surface area contributed by atoms with Gasteiger partial charge in [-0.3, -0.25) is 0 Å². The van der Waals surface area contributed by atoms with Crippen molar-refractivity contribution in [1.82, 2.24) is 5.32 Å². The summed E-state index contributed by atoms with van der Waals surface area (Å²) in [7, 11) is 3.20. The third kappa shape index (κ3) is 5.28. The van der Waals surface area contributed by atoms with E-state index in [0.717, 1.165) is 18.4 Å². The molecule has 0 unspecified atom stereocenters. The molecule has 3 atom stereocenters. The van der Waals surface area contributed by atoms with Crippen LogP contribution in [-0.4, -0.2) is 26.4 Å². The van der Waals surface area contributed by atoms with Crippen LogP contribution in [0.15, 0.2) is 18.2 Å². The zero-order chi connectivity index (χ0) is 18.4. The number of carbonyl (C=O) groups excluding carboxylic acids is 1. The van der Waals surface area contributed by atoms with Crippen LogP contribution >= 0.6 is 0 Å². The fraction of sp³-hybridized carbons (Fsp3) is 0.650. The highest BCUT2D eigenvalue weighted by Gasteiger charge is 2.33. The Balaban J connectivity index is 1.91. The Hall–Kier alpha value is -1.91. The van der Waals surface area contributed by atoms with Gasteiger partial charge in [0.15, 0.2) is 11.5 Å². The molecule has 1 aliphatic rings. The molecule has 5 heteroatoms. The number of amides is 1. The molecule has 1 aromatic rings. The average molecular weight is 349 g/mol. The lowest BCUT2D eigenvalue weighted by Crippen LogP contribution is -2.38. The monoisotopic (exact) mass is 349 g/mol. The molecule has 0 saturated heterocycles. The molecular formula is C20H31NO4. The summed E-state index contributed by atoms with van der Waals surface area (Å²) in [5, 5.41) is 2.85. The lowest BCUT2D eigenvalue weighted by Gasteiger charge is -2.36. The zero-order valence-electron chi connectivity index (χ0n) is 16.0. The Labute approximate surface area is 151 Å². The molecule has 25 heavy (non-hydrogen) atoms. The molecule has 140 valence electrons. The van der Waals surface area contributed by atoms with E-state index in [1.807, 2.05) is 18.2 Å². The third-order valence-electron chi connectivity index (χ3n) is 5.10. The van der Waals surface area contributed by atoms with Gasteiger partial charge in [-0.05, 0) is 48.3 Å². The lowest BCUT2D eigenvalue weighted by atomic mass is 9.75. The van der Waals surface area contributed by atoms with Gasteiger partial charge < -0.3 is 19.5 Å². The molecule has 1 aromatic carbocycles. The molecule has 0 heterocycles. The van der Waals surface area contributed by atoms with Gasteiger partial charge >= 0.3 is 6.09 Å². The Bertz CT molecular complexity index is 573. The van der Waals surface area contributed by atoms with Crippen molar-refractivity contribution in [2.75, 3.05) is 14.2 Å². The van der Waals surface area contributed by atoms with Crippen molar-refractivity contribution in [1.29, 1.82) is 0 Å². The predicted octanol–water partition coefficient (Wildman–Crippen LogP) is 4.39. The topological polar surface area (TPSA) is 56.8 Å². The number of benzene rings is 1. The second kappa shape index (κ2) is 8.97. The van der Waals surface area contributed by atoms with Gasteiger partial charge in [-0.15, -0.1) is 0 Å². The van der Waals surface area contributed by atoms with Crippen LogP contribution in [0.5, 0.6) is 11.5 Å². The minimum atomic E-state index is -0.348. The van der Waals surface area contributed by atoms with Crippen molar-refractivity contribution in [2.24, 2.45) is 17.8 Å². The highest BCUT2D eigenvalue weighted by atomic mass is 16.6. The number of ether oxygens (including phenoxy) is 3. The maximum absolute atomic E-state index is 12.2. The second-order valence-corrected chi connectivity index (χ2v) is 7.31. The van der Waals surface area contributed by atoms with Crippen molar-refractivity contribution in [3.05, 3.63) is 23.8 Å². The summed E-state index contributed by atoms with van der Waals surface area (Å²) in [5.41, 5.74) is 0.937. The Morgan fingerprint density at radius 3 is 2.56 bits per heavy atom. The van der Waals surface area contributed by atoms with E-state index in [0.29, 0.717) is 35.8 Å². The smallest absolute Gasteiger partial charge is 0.407 e. The predicted molar refractivity (Wildman–Crippen MR) is 98.0 cm³/mol. The number of alkyl carbamates (subject to hydrolysis) is 1. The SMILES string of the molecule is COc1ccc(CNC(=O)O[C@H]2C[C@@H](C)CC[C@@H]2C(C)C)cc1OC. The van der Waals surface area contributed by atoms with Crippen LogP contribution < -0.4 is 14.8 Å². The van der Waals surface area contributed by atoms with E-state index in [1.165, 1.54) is 6.42 Å². The van der Waals surface area contributed by atoms with E-state index in [4.69, 9.17) is 14.2 Å². The maximum atomic E-state index is 12.2. The second-order valence-electron chi connectivity index (χ2n) is 7.31. The molecule has 0 bridgehead atoms. The van der Waals surface area contributed by atoms with Crippen LogP contribution in [0.3, 0.4) is 0 Å². The van der Waals surface area contributed by atoms with Crippen LogP contribution in [0.2, 0.25) is 0 Å². The van der Waals surface area contributed by atoms with Crippen LogP contribution in [-0.2, 0) is 11.3 Å². The van der Waals surface area contributed by atoms with Gasteiger partial charge in [-0.2, -0.15) is 0 Å². The highest BCUT2D eigenvalue weighted by molar-refractivity contribution is 5.67. The van der Waals surface area contributed by atoms with E-state index in [-0.39, 0.29) is 12.2 Å². The molecular weight excluding hydrogens is 318 g/mol. The summed E-state index contributed by atoms with van der Waals surface area (Å²) in [4.78, 5) is 12.2. The van der Waals surface area contributed by atoms with Crippen molar-refractivity contribution in [3.63, 3.8) is 0 Å². The van der Waals surface area contributed by atoms with E-state index in [2.05, 4.69) is 26.1 Å². The number of rotatable bonds is 6. The number of carbonyl (C=O) groups is 1. The standard InChI is InChI=1S/C20H31NO4/c1-13(2)16-8-6-14(3)10-18(16)25-20(22)21-12-15-7-9-17(23-4)19(11-15)24-5/h7,9,11,13-14,16,18H,6,8,10,12H2,1-5H3,(H,21,22)/t14-,16+,18-/m0/s1. The van der Waals surface area contributed by atoms with Gasteiger partial charge in [0.25, 0.3) is 0 Å². The lowest BCUT2D eigenvalue weighted by molar-refractivity contribution is 0.00601. The van der Waals surface area contributed by atoms with E-state index in [1.54, 1.807) is 14.2 Å². The first-order chi connectivity index (χ1) is 11.9. The Morgan fingerprint density at radius 2 is 1.92 bits per heavy atom. The highest BCUT2D eigenvalue weighted by Crippen LogP contribution is 2.35. The van der Waals surface area contributed by atoms with Gasteiger partial charge in [0, 0.05) is 6.54 Å². The van der Waals surface area contributed by atoms with Crippen LogP contribution in [0, 0.1) is 17.8 Å². The molecule has 1 amide bonds. The van der Waals surface area contributed by atoms with Gasteiger partial charge in [0.2, 0.25) is 0 Å². The fourth-order valence-electron chi connectivity index (χ4n) is 3.59. The van der Waals surface area contributed by atoms with Crippen molar-refractivity contribution in [3.8, 4) is 11.5 Å². The first kappa shape index (κ1) is 19.4. The first-order valence-electron chi connectivity index (χ1n) is 9.10. The molecule has 0 spiro atoms. The molecule has 0 aromatic heterocycles. The summed E-state index contributed by atoms with van der Waals surface area (Å²) in [6.45, 7) is 7.04. The normalized spacial score (nSPS) is 23.2. The van der Waals surface area contributed by atoms with Gasteiger partial charge in [0.1, 0.15) is 6.10 Å². The molecule has 1 saturated carbocycles. The number of hydrogen-bond acceptors (Lipinski definition) is 4. The number of hydrogen-bond donors (Lipinski definition) is 1. The molecule has 1 aliphatic carbocycles. The van der Waals surface area contributed by atoms with Crippen molar-refractivity contribution >= 4 is 6.09 Å².